The van der Waals surface area contributed by atoms with E-state index in [0.29, 0.717) is 22.5 Å². The van der Waals surface area contributed by atoms with Crippen molar-refractivity contribution in [3.63, 3.8) is 0 Å². The van der Waals surface area contributed by atoms with Gasteiger partial charge in [-0.3, -0.25) is 19.0 Å². The Morgan fingerprint density at radius 2 is 1.90 bits per heavy atom. The molecule has 1 aliphatic rings. The summed E-state index contributed by atoms with van der Waals surface area (Å²) in [5.74, 6) is -0.601. The molecular formula is C22H23N5O2. The van der Waals surface area contributed by atoms with Gasteiger partial charge in [-0.1, -0.05) is 6.07 Å². The van der Waals surface area contributed by atoms with Gasteiger partial charge in [0.05, 0.1) is 17.5 Å². The number of hydrogen-bond donors (Lipinski definition) is 1. The maximum Gasteiger partial charge on any atom is 0.267 e. The standard InChI is InChI=1S/C22H23N5O2/c1-15-6-5-7-17(25-15)12-18(22(29)26-10-3-2-4-11-26)16-8-9-20-24-13-19(21(23)28)27(20)14-16/h5-9,12-14H,2-4,10-11H2,1H3,(H2,23,28)/b18-12+. The highest BCUT2D eigenvalue weighted by Gasteiger charge is 2.22. The molecule has 0 spiro atoms. The van der Waals surface area contributed by atoms with Crippen LogP contribution in [0.1, 0.15) is 46.7 Å². The van der Waals surface area contributed by atoms with E-state index in [-0.39, 0.29) is 11.6 Å². The lowest BCUT2D eigenvalue weighted by molar-refractivity contribution is -0.125. The number of primary amides is 1. The number of pyridine rings is 2. The molecule has 0 unspecified atom stereocenters. The van der Waals surface area contributed by atoms with Crippen molar-refractivity contribution >= 4 is 29.1 Å². The highest BCUT2D eigenvalue weighted by molar-refractivity contribution is 6.24. The van der Waals surface area contributed by atoms with E-state index >= 15 is 0 Å². The Morgan fingerprint density at radius 3 is 2.62 bits per heavy atom. The Bertz CT molecular complexity index is 1110. The van der Waals surface area contributed by atoms with Crippen LogP contribution in [0, 0.1) is 6.92 Å². The highest BCUT2D eigenvalue weighted by Crippen LogP contribution is 2.24. The Labute approximate surface area is 168 Å². The molecule has 1 saturated heterocycles. The summed E-state index contributed by atoms with van der Waals surface area (Å²) in [5, 5.41) is 0. The summed E-state index contributed by atoms with van der Waals surface area (Å²) in [6.07, 6.45) is 8.16. The zero-order chi connectivity index (χ0) is 20.4. The predicted octanol–water partition coefficient (Wildman–Crippen LogP) is 2.69. The fourth-order valence-corrected chi connectivity index (χ4v) is 3.65. The highest BCUT2D eigenvalue weighted by atomic mass is 16.2. The second-order valence-electron chi connectivity index (χ2n) is 7.27. The molecule has 7 nitrogen and oxygen atoms in total. The summed E-state index contributed by atoms with van der Waals surface area (Å²) < 4.78 is 1.62. The zero-order valence-electron chi connectivity index (χ0n) is 16.3. The van der Waals surface area contributed by atoms with Crippen molar-refractivity contribution in [3.8, 4) is 0 Å². The minimum Gasteiger partial charge on any atom is -0.364 e. The molecule has 3 aromatic rings. The van der Waals surface area contributed by atoms with Crippen LogP contribution in [0.5, 0.6) is 0 Å². The Balaban J connectivity index is 1.83. The molecule has 29 heavy (non-hydrogen) atoms. The number of fused-ring (bicyclic) bond motifs is 1. The van der Waals surface area contributed by atoms with Crippen molar-refractivity contribution < 1.29 is 9.59 Å². The van der Waals surface area contributed by atoms with Crippen molar-refractivity contribution in [2.45, 2.75) is 26.2 Å². The smallest absolute Gasteiger partial charge is 0.267 e. The number of piperidine rings is 1. The third-order valence-corrected chi connectivity index (χ3v) is 5.14. The van der Waals surface area contributed by atoms with Crippen LogP contribution in [0.3, 0.4) is 0 Å². The SMILES string of the molecule is Cc1cccc(/C=C(/C(=O)N2CCCCC2)c2ccc3ncc(C(N)=O)n3c2)n1. The van der Waals surface area contributed by atoms with E-state index in [2.05, 4.69) is 9.97 Å². The average molecular weight is 389 g/mol. The van der Waals surface area contributed by atoms with Crippen molar-refractivity contribution in [2.24, 2.45) is 5.73 Å². The molecular weight excluding hydrogens is 366 g/mol. The van der Waals surface area contributed by atoms with Gasteiger partial charge in [-0.15, -0.1) is 0 Å². The number of carbonyl (C=O) groups is 2. The minimum atomic E-state index is -0.567. The number of amides is 2. The molecule has 1 aliphatic heterocycles. The molecule has 0 atom stereocenters. The molecule has 7 heteroatoms. The maximum absolute atomic E-state index is 13.4. The van der Waals surface area contributed by atoms with Gasteiger partial charge in [-0.05, 0) is 56.5 Å². The van der Waals surface area contributed by atoms with Crippen LogP contribution in [0.15, 0.2) is 42.7 Å². The van der Waals surface area contributed by atoms with E-state index in [9.17, 15) is 9.59 Å². The van der Waals surface area contributed by atoms with Crippen LogP contribution in [0.25, 0.3) is 17.3 Å². The number of rotatable bonds is 4. The van der Waals surface area contributed by atoms with Crippen molar-refractivity contribution in [3.05, 3.63) is 65.4 Å². The molecule has 0 radical (unpaired) electrons. The summed E-state index contributed by atoms with van der Waals surface area (Å²) in [7, 11) is 0. The second-order valence-corrected chi connectivity index (χ2v) is 7.27. The second kappa shape index (κ2) is 7.87. The van der Waals surface area contributed by atoms with Crippen LogP contribution < -0.4 is 5.73 Å². The first-order valence-electron chi connectivity index (χ1n) is 9.75. The number of aryl methyl sites for hydroxylation is 1. The lowest BCUT2D eigenvalue weighted by Gasteiger charge is -2.27. The van der Waals surface area contributed by atoms with Gasteiger partial charge in [-0.2, -0.15) is 0 Å². The van der Waals surface area contributed by atoms with Crippen molar-refractivity contribution in [1.29, 1.82) is 0 Å². The van der Waals surface area contributed by atoms with E-state index in [1.165, 1.54) is 6.20 Å². The number of imidazole rings is 1. The van der Waals surface area contributed by atoms with Gasteiger partial charge >= 0.3 is 0 Å². The molecule has 2 N–H and O–H groups in total. The quantitative estimate of drug-likeness (QED) is 0.694. The third kappa shape index (κ3) is 3.89. The molecule has 0 aliphatic carbocycles. The molecule has 3 aromatic heterocycles. The third-order valence-electron chi connectivity index (χ3n) is 5.14. The Morgan fingerprint density at radius 1 is 1.10 bits per heavy atom. The number of likely N-dealkylation sites (tertiary alicyclic amines) is 1. The molecule has 0 saturated carbocycles. The van der Waals surface area contributed by atoms with E-state index in [0.717, 1.165) is 38.0 Å². The van der Waals surface area contributed by atoms with Crippen LogP contribution in [0.4, 0.5) is 0 Å². The molecule has 0 bridgehead atoms. The molecule has 2 amide bonds. The van der Waals surface area contributed by atoms with Crippen LogP contribution in [-0.2, 0) is 4.79 Å². The van der Waals surface area contributed by atoms with E-state index < -0.39 is 5.91 Å². The number of carbonyl (C=O) groups excluding carboxylic acids is 2. The first-order chi connectivity index (χ1) is 14.0. The van der Waals surface area contributed by atoms with Crippen molar-refractivity contribution in [1.82, 2.24) is 19.3 Å². The summed E-state index contributed by atoms with van der Waals surface area (Å²) in [6, 6.07) is 9.34. The molecule has 148 valence electrons. The lowest BCUT2D eigenvalue weighted by atomic mass is 10.0. The maximum atomic E-state index is 13.4. The van der Waals surface area contributed by atoms with Crippen molar-refractivity contribution in [2.75, 3.05) is 13.1 Å². The summed E-state index contributed by atoms with van der Waals surface area (Å²) in [5.41, 5.74) is 9.17. The number of nitrogens with two attached hydrogens (primary N) is 1. The van der Waals surface area contributed by atoms with Crippen LogP contribution >= 0.6 is 0 Å². The Kier molecular flexibility index (Phi) is 5.12. The number of hydrogen-bond acceptors (Lipinski definition) is 4. The summed E-state index contributed by atoms with van der Waals surface area (Å²) in [4.78, 5) is 35.7. The molecule has 4 heterocycles. The number of aromatic nitrogens is 3. The topological polar surface area (TPSA) is 93.6 Å². The minimum absolute atomic E-state index is 0.0342. The van der Waals surface area contributed by atoms with Gasteiger partial charge in [0, 0.05) is 30.5 Å². The average Bonchev–Trinajstić information content (AvgIpc) is 3.16. The lowest BCUT2D eigenvalue weighted by Crippen LogP contribution is -2.36. The van der Waals surface area contributed by atoms with E-state index in [4.69, 9.17) is 5.73 Å². The largest absolute Gasteiger partial charge is 0.364 e. The van der Waals surface area contributed by atoms with Crippen LogP contribution in [-0.4, -0.2) is 44.2 Å². The van der Waals surface area contributed by atoms with Gasteiger partial charge in [0.15, 0.2) is 0 Å². The molecule has 4 rings (SSSR count). The summed E-state index contributed by atoms with van der Waals surface area (Å²) in [6.45, 7) is 3.41. The van der Waals surface area contributed by atoms with Crippen LogP contribution in [0.2, 0.25) is 0 Å². The first kappa shape index (κ1) is 18.9. The number of nitrogens with zero attached hydrogens (tertiary/aromatic N) is 4. The van der Waals surface area contributed by atoms with Gasteiger partial charge in [-0.25, -0.2) is 4.98 Å². The predicted molar refractivity (Wildman–Crippen MR) is 111 cm³/mol. The fraction of sp³-hybridized carbons (Fsp3) is 0.273. The van der Waals surface area contributed by atoms with Gasteiger partial charge < -0.3 is 10.6 Å². The molecule has 0 aromatic carbocycles. The van der Waals surface area contributed by atoms with E-state index in [1.54, 1.807) is 16.7 Å². The first-order valence-corrected chi connectivity index (χ1v) is 9.75. The fourth-order valence-electron chi connectivity index (χ4n) is 3.65. The van der Waals surface area contributed by atoms with Gasteiger partial charge in [0.2, 0.25) is 0 Å². The van der Waals surface area contributed by atoms with Gasteiger partial charge in [0.1, 0.15) is 11.3 Å². The zero-order valence-corrected chi connectivity index (χ0v) is 16.3. The molecule has 1 fully saturated rings. The van der Waals surface area contributed by atoms with E-state index in [1.807, 2.05) is 42.2 Å². The Hall–Kier alpha value is -3.48. The monoisotopic (exact) mass is 389 g/mol. The normalized spacial score (nSPS) is 14.9. The van der Waals surface area contributed by atoms with Gasteiger partial charge in [0.25, 0.3) is 11.8 Å². The summed E-state index contributed by atoms with van der Waals surface area (Å²) >= 11 is 0.